The summed E-state index contributed by atoms with van der Waals surface area (Å²) in [4.78, 5) is 12.4. The van der Waals surface area contributed by atoms with Crippen molar-refractivity contribution in [1.82, 2.24) is 10.2 Å². The third kappa shape index (κ3) is 4.97. The van der Waals surface area contributed by atoms with Crippen molar-refractivity contribution in [1.29, 1.82) is 0 Å². The molecule has 1 amide bonds. The lowest BCUT2D eigenvalue weighted by molar-refractivity contribution is -0.115. The van der Waals surface area contributed by atoms with E-state index in [0.29, 0.717) is 10.2 Å². The number of carbonyl (C=O) groups excluding carboxylic acids is 1. The van der Waals surface area contributed by atoms with Crippen molar-refractivity contribution in [3.05, 3.63) is 59.1 Å². The van der Waals surface area contributed by atoms with Gasteiger partial charge in [-0.15, -0.1) is 10.2 Å². The summed E-state index contributed by atoms with van der Waals surface area (Å²) >= 11 is 8.78. The van der Waals surface area contributed by atoms with E-state index in [4.69, 9.17) is 11.6 Å². The van der Waals surface area contributed by atoms with Crippen LogP contribution in [0.3, 0.4) is 0 Å². The highest BCUT2D eigenvalue weighted by molar-refractivity contribution is 8.02. The first-order valence-electron chi connectivity index (χ1n) is 7.90. The fourth-order valence-electron chi connectivity index (χ4n) is 2.12. The van der Waals surface area contributed by atoms with E-state index < -0.39 is 0 Å². The van der Waals surface area contributed by atoms with Crippen LogP contribution < -0.4 is 10.6 Å². The van der Waals surface area contributed by atoms with E-state index in [-0.39, 0.29) is 11.2 Å². The third-order valence-electron chi connectivity index (χ3n) is 3.54. The van der Waals surface area contributed by atoms with Crippen molar-refractivity contribution in [2.75, 3.05) is 10.6 Å². The molecule has 1 atom stereocenters. The SMILES string of the molecule is Cc1ccc(Cl)cc1NC(=O)C(C)Sc1nnc(Nc2ccccc2)s1. The summed E-state index contributed by atoms with van der Waals surface area (Å²) < 4.78 is 0.730. The number of nitrogens with one attached hydrogen (secondary N) is 2. The third-order valence-corrected chi connectivity index (χ3v) is 5.79. The highest BCUT2D eigenvalue weighted by atomic mass is 35.5. The van der Waals surface area contributed by atoms with Gasteiger partial charge in [0.1, 0.15) is 0 Å². The summed E-state index contributed by atoms with van der Waals surface area (Å²) in [7, 11) is 0. The first-order chi connectivity index (χ1) is 12.5. The highest BCUT2D eigenvalue weighted by Crippen LogP contribution is 2.31. The molecule has 3 rings (SSSR count). The maximum absolute atomic E-state index is 12.4. The van der Waals surface area contributed by atoms with Gasteiger partial charge in [-0.05, 0) is 43.7 Å². The van der Waals surface area contributed by atoms with Crippen LogP contribution in [-0.4, -0.2) is 21.4 Å². The van der Waals surface area contributed by atoms with Crippen molar-refractivity contribution in [2.24, 2.45) is 0 Å². The van der Waals surface area contributed by atoms with E-state index in [2.05, 4.69) is 20.8 Å². The number of aryl methyl sites for hydroxylation is 1. The minimum atomic E-state index is -0.314. The normalized spacial score (nSPS) is 11.8. The summed E-state index contributed by atoms with van der Waals surface area (Å²) in [5.41, 5.74) is 2.63. The molecule has 26 heavy (non-hydrogen) atoms. The summed E-state index contributed by atoms with van der Waals surface area (Å²) in [5, 5.41) is 15.3. The molecule has 1 unspecified atom stereocenters. The minimum absolute atomic E-state index is 0.104. The first kappa shape index (κ1) is 18.7. The van der Waals surface area contributed by atoms with Crippen LogP contribution in [0.5, 0.6) is 0 Å². The van der Waals surface area contributed by atoms with Crippen molar-refractivity contribution in [3.63, 3.8) is 0 Å². The van der Waals surface area contributed by atoms with E-state index in [1.165, 1.54) is 23.1 Å². The van der Waals surface area contributed by atoms with E-state index in [9.17, 15) is 4.79 Å². The Morgan fingerprint density at radius 2 is 1.96 bits per heavy atom. The molecule has 5 nitrogen and oxygen atoms in total. The number of benzene rings is 2. The van der Waals surface area contributed by atoms with Gasteiger partial charge in [-0.3, -0.25) is 4.79 Å². The fourth-order valence-corrected chi connectivity index (χ4v) is 4.21. The number of carbonyl (C=O) groups is 1. The Bertz CT molecular complexity index is 901. The number of rotatable bonds is 6. The number of aromatic nitrogens is 2. The maximum atomic E-state index is 12.4. The Hall–Kier alpha value is -2.09. The monoisotopic (exact) mass is 404 g/mol. The van der Waals surface area contributed by atoms with E-state index >= 15 is 0 Å². The first-order valence-corrected chi connectivity index (χ1v) is 9.98. The molecule has 0 aliphatic carbocycles. The number of hydrogen-bond donors (Lipinski definition) is 2. The van der Waals surface area contributed by atoms with Gasteiger partial charge in [0.15, 0.2) is 4.34 Å². The lowest BCUT2D eigenvalue weighted by Gasteiger charge is -2.12. The van der Waals surface area contributed by atoms with Gasteiger partial charge >= 0.3 is 0 Å². The summed E-state index contributed by atoms with van der Waals surface area (Å²) in [6.07, 6.45) is 0. The molecule has 3 aromatic rings. The molecule has 0 radical (unpaired) electrons. The summed E-state index contributed by atoms with van der Waals surface area (Å²) in [6.45, 7) is 3.77. The zero-order chi connectivity index (χ0) is 18.5. The molecule has 2 aromatic carbocycles. The molecule has 1 aromatic heterocycles. The number of para-hydroxylation sites is 1. The predicted molar refractivity (Wildman–Crippen MR) is 110 cm³/mol. The zero-order valence-electron chi connectivity index (χ0n) is 14.2. The largest absolute Gasteiger partial charge is 0.330 e. The highest BCUT2D eigenvalue weighted by Gasteiger charge is 2.18. The maximum Gasteiger partial charge on any atom is 0.237 e. The molecule has 0 spiro atoms. The Balaban J connectivity index is 1.60. The average molecular weight is 405 g/mol. The van der Waals surface area contributed by atoms with Crippen molar-refractivity contribution < 1.29 is 4.79 Å². The average Bonchev–Trinajstić information content (AvgIpc) is 3.05. The fraction of sp³-hybridized carbons (Fsp3) is 0.167. The van der Waals surface area contributed by atoms with Gasteiger partial charge in [-0.1, -0.05) is 59.0 Å². The van der Waals surface area contributed by atoms with Gasteiger partial charge in [0.05, 0.1) is 5.25 Å². The van der Waals surface area contributed by atoms with Gasteiger partial charge in [-0.2, -0.15) is 0 Å². The second-order valence-electron chi connectivity index (χ2n) is 5.57. The Morgan fingerprint density at radius 1 is 1.19 bits per heavy atom. The lowest BCUT2D eigenvalue weighted by atomic mass is 10.2. The zero-order valence-corrected chi connectivity index (χ0v) is 16.6. The van der Waals surface area contributed by atoms with Crippen molar-refractivity contribution in [3.8, 4) is 0 Å². The Kier molecular flexibility index (Phi) is 6.13. The molecule has 2 N–H and O–H groups in total. The Morgan fingerprint density at radius 3 is 2.73 bits per heavy atom. The molecule has 8 heteroatoms. The second-order valence-corrected chi connectivity index (χ2v) is 8.57. The molecule has 0 saturated carbocycles. The van der Waals surface area contributed by atoms with Crippen molar-refractivity contribution in [2.45, 2.75) is 23.4 Å². The van der Waals surface area contributed by atoms with E-state index in [1.54, 1.807) is 12.1 Å². The predicted octanol–water partition coefficient (Wildman–Crippen LogP) is 5.36. The molecule has 0 saturated heterocycles. The number of halogens is 1. The van der Waals surface area contributed by atoms with Crippen molar-refractivity contribution >= 4 is 57.1 Å². The molecule has 0 fully saturated rings. The van der Waals surface area contributed by atoms with Crippen LogP contribution in [0.4, 0.5) is 16.5 Å². The molecular formula is C18H17ClN4OS2. The standard InChI is InChI=1S/C18H17ClN4OS2/c1-11-8-9-13(19)10-15(11)21-16(24)12(2)25-18-23-22-17(26-18)20-14-6-4-3-5-7-14/h3-10,12H,1-2H3,(H,20,22)(H,21,24). The smallest absolute Gasteiger partial charge is 0.237 e. The van der Waals surface area contributed by atoms with Gasteiger partial charge in [0, 0.05) is 16.4 Å². The van der Waals surface area contributed by atoms with Gasteiger partial charge in [-0.25, -0.2) is 0 Å². The van der Waals surface area contributed by atoms with Crippen LogP contribution in [0.2, 0.25) is 5.02 Å². The molecule has 1 heterocycles. The summed E-state index contributed by atoms with van der Waals surface area (Å²) in [5.74, 6) is -0.104. The number of thioether (sulfide) groups is 1. The number of nitrogens with zero attached hydrogens (tertiary/aromatic N) is 2. The topological polar surface area (TPSA) is 66.9 Å². The molecule has 0 aliphatic rings. The van der Waals surface area contributed by atoms with Crippen LogP contribution in [0, 0.1) is 6.92 Å². The van der Waals surface area contributed by atoms with Gasteiger partial charge in [0.2, 0.25) is 11.0 Å². The minimum Gasteiger partial charge on any atom is -0.330 e. The van der Waals surface area contributed by atoms with Crippen LogP contribution >= 0.6 is 34.7 Å². The Labute approximate surface area is 165 Å². The molecule has 0 aliphatic heterocycles. The number of anilines is 3. The van der Waals surface area contributed by atoms with E-state index in [0.717, 1.165) is 21.3 Å². The molecule has 134 valence electrons. The lowest BCUT2D eigenvalue weighted by Crippen LogP contribution is -2.22. The number of hydrogen-bond acceptors (Lipinski definition) is 6. The van der Waals surface area contributed by atoms with Gasteiger partial charge in [0.25, 0.3) is 0 Å². The quantitative estimate of drug-likeness (QED) is 0.541. The van der Waals surface area contributed by atoms with E-state index in [1.807, 2.05) is 50.2 Å². The van der Waals surface area contributed by atoms with Crippen LogP contribution in [0.15, 0.2) is 52.9 Å². The van der Waals surface area contributed by atoms with Crippen LogP contribution in [-0.2, 0) is 4.79 Å². The molecular weight excluding hydrogens is 388 g/mol. The molecule has 0 bridgehead atoms. The second kappa shape index (κ2) is 8.53. The van der Waals surface area contributed by atoms with Gasteiger partial charge < -0.3 is 10.6 Å². The van der Waals surface area contributed by atoms with Crippen LogP contribution in [0.1, 0.15) is 12.5 Å². The summed E-state index contributed by atoms with van der Waals surface area (Å²) in [6, 6.07) is 15.2. The number of amides is 1. The van der Waals surface area contributed by atoms with Crippen LogP contribution in [0.25, 0.3) is 0 Å².